The van der Waals surface area contributed by atoms with Crippen LogP contribution in [0.3, 0.4) is 0 Å². The lowest BCUT2D eigenvalue weighted by molar-refractivity contribution is -0.130. The van der Waals surface area contributed by atoms with Crippen molar-refractivity contribution < 1.29 is 14.3 Å². The van der Waals surface area contributed by atoms with E-state index in [0.717, 1.165) is 0 Å². The second-order valence-corrected chi connectivity index (χ2v) is 3.89. The molecule has 0 radical (unpaired) electrons. The van der Waals surface area contributed by atoms with E-state index in [2.05, 4.69) is 17.2 Å². The SMILES string of the molecule is C=CCNC(=O)CC1Oc2ccccc2NC1=O. The smallest absolute Gasteiger partial charge is 0.266 e. The number of nitrogens with one attached hydrogen (secondary N) is 2. The zero-order valence-corrected chi connectivity index (χ0v) is 9.81. The molecule has 0 saturated heterocycles. The molecule has 2 amide bonds. The maximum Gasteiger partial charge on any atom is 0.266 e. The molecule has 1 heterocycles. The van der Waals surface area contributed by atoms with E-state index in [4.69, 9.17) is 4.74 Å². The molecule has 0 spiro atoms. The highest BCUT2D eigenvalue weighted by Gasteiger charge is 2.29. The minimum absolute atomic E-state index is 0.00594. The molecular formula is C13H14N2O3. The number of ether oxygens (including phenoxy) is 1. The van der Waals surface area contributed by atoms with E-state index in [-0.39, 0.29) is 18.2 Å². The summed E-state index contributed by atoms with van der Waals surface area (Å²) in [5, 5.41) is 5.31. The van der Waals surface area contributed by atoms with Crippen LogP contribution in [0.1, 0.15) is 6.42 Å². The molecule has 1 aliphatic heterocycles. The Bertz CT molecular complexity index is 485. The number of hydrogen-bond donors (Lipinski definition) is 2. The van der Waals surface area contributed by atoms with Crippen molar-refractivity contribution in [3.8, 4) is 5.75 Å². The van der Waals surface area contributed by atoms with Gasteiger partial charge in [-0.3, -0.25) is 9.59 Å². The zero-order valence-electron chi connectivity index (χ0n) is 9.81. The van der Waals surface area contributed by atoms with E-state index in [1.54, 1.807) is 24.3 Å². The molecule has 1 aromatic rings. The Morgan fingerprint density at radius 2 is 2.28 bits per heavy atom. The van der Waals surface area contributed by atoms with Crippen LogP contribution in [0.25, 0.3) is 0 Å². The first-order chi connectivity index (χ1) is 8.70. The number of anilines is 1. The summed E-state index contributed by atoms with van der Waals surface area (Å²) in [7, 11) is 0. The van der Waals surface area contributed by atoms with Crippen LogP contribution in [0.4, 0.5) is 5.69 Å². The molecule has 1 unspecified atom stereocenters. The number of fused-ring (bicyclic) bond motifs is 1. The van der Waals surface area contributed by atoms with Gasteiger partial charge < -0.3 is 15.4 Å². The fraction of sp³-hybridized carbons (Fsp3) is 0.231. The minimum Gasteiger partial charge on any atom is -0.478 e. The van der Waals surface area contributed by atoms with E-state index in [1.807, 2.05) is 6.07 Å². The van der Waals surface area contributed by atoms with Crippen molar-refractivity contribution in [2.75, 3.05) is 11.9 Å². The third kappa shape index (κ3) is 2.68. The Morgan fingerprint density at radius 3 is 3.06 bits per heavy atom. The van der Waals surface area contributed by atoms with Crippen molar-refractivity contribution in [1.29, 1.82) is 0 Å². The van der Waals surface area contributed by atoms with Crippen LogP contribution in [0.5, 0.6) is 5.75 Å². The fourth-order valence-electron chi connectivity index (χ4n) is 1.65. The molecule has 2 N–H and O–H groups in total. The van der Waals surface area contributed by atoms with Crippen molar-refractivity contribution in [3.05, 3.63) is 36.9 Å². The standard InChI is InChI=1S/C13H14N2O3/c1-2-7-14-12(16)8-11-13(17)15-9-5-3-4-6-10(9)18-11/h2-6,11H,1,7-8H2,(H,14,16)(H,15,17). The van der Waals surface area contributed by atoms with Gasteiger partial charge in [0.25, 0.3) is 5.91 Å². The number of hydrogen-bond acceptors (Lipinski definition) is 3. The maximum atomic E-state index is 11.7. The van der Waals surface area contributed by atoms with Gasteiger partial charge in [0.2, 0.25) is 5.91 Å². The lowest BCUT2D eigenvalue weighted by Crippen LogP contribution is -2.41. The molecule has 1 aromatic carbocycles. The van der Waals surface area contributed by atoms with Gasteiger partial charge in [0.05, 0.1) is 12.1 Å². The Balaban J connectivity index is 2.01. The number of carbonyl (C=O) groups is 2. The molecule has 18 heavy (non-hydrogen) atoms. The fourth-order valence-corrected chi connectivity index (χ4v) is 1.65. The lowest BCUT2D eigenvalue weighted by atomic mass is 10.1. The predicted octanol–water partition coefficient (Wildman–Crippen LogP) is 1.08. The van der Waals surface area contributed by atoms with Crippen molar-refractivity contribution in [2.45, 2.75) is 12.5 Å². The molecule has 0 fully saturated rings. The van der Waals surface area contributed by atoms with Crippen LogP contribution < -0.4 is 15.4 Å². The van der Waals surface area contributed by atoms with Gasteiger partial charge in [0.15, 0.2) is 6.10 Å². The van der Waals surface area contributed by atoms with E-state index in [1.165, 1.54) is 0 Å². The van der Waals surface area contributed by atoms with Crippen molar-refractivity contribution in [3.63, 3.8) is 0 Å². The van der Waals surface area contributed by atoms with Gasteiger partial charge in [-0.1, -0.05) is 18.2 Å². The monoisotopic (exact) mass is 246 g/mol. The summed E-state index contributed by atoms with van der Waals surface area (Å²) < 4.78 is 5.50. The molecule has 0 bridgehead atoms. The first-order valence-corrected chi connectivity index (χ1v) is 5.65. The molecule has 1 atom stereocenters. The average molecular weight is 246 g/mol. The van der Waals surface area contributed by atoms with Gasteiger partial charge in [0, 0.05) is 6.54 Å². The summed E-state index contributed by atoms with van der Waals surface area (Å²) in [6, 6.07) is 7.12. The van der Waals surface area contributed by atoms with Gasteiger partial charge in [-0.25, -0.2) is 0 Å². The Kier molecular flexibility index (Phi) is 3.62. The minimum atomic E-state index is -0.787. The third-order valence-electron chi connectivity index (χ3n) is 2.52. The number of carbonyl (C=O) groups excluding carboxylic acids is 2. The van der Waals surface area contributed by atoms with Crippen LogP contribution >= 0.6 is 0 Å². The number of para-hydroxylation sites is 2. The number of amides is 2. The lowest BCUT2D eigenvalue weighted by Gasteiger charge is -2.25. The highest BCUT2D eigenvalue weighted by molar-refractivity contribution is 5.99. The topological polar surface area (TPSA) is 67.4 Å². The van der Waals surface area contributed by atoms with Crippen molar-refractivity contribution in [1.82, 2.24) is 5.32 Å². The van der Waals surface area contributed by atoms with Crippen molar-refractivity contribution >= 4 is 17.5 Å². The van der Waals surface area contributed by atoms with E-state index >= 15 is 0 Å². The van der Waals surface area contributed by atoms with Gasteiger partial charge in [-0.2, -0.15) is 0 Å². The zero-order chi connectivity index (χ0) is 13.0. The van der Waals surface area contributed by atoms with E-state index < -0.39 is 6.10 Å². The van der Waals surface area contributed by atoms with E-state index in [0.29, 0.717) is 18.0 Å². The summed E-state index contributed by atoms with van der Waals surface area (Å²) >= 11 is 0. The first kappa shape index (κ1) is 12.2. The number of rotatable bonds is 4. The molecule has 1 aliphatic rings. The molecule has 0 aliphatic carbocycles. The Morgan fingerprint density at radius 1 is 1.50 bits per heavy atom. The van der Waals surface area contributed by atoms with Crippen LogP contribution in [0.2, 0.25) is 0 Å². The molecular weight excluding hydrogens is 232 g/mol. The maximum absolute atomic E-state index is 11.7. The summed E-state index contributed by atoms with van der Waals surface area (Å²) in [4.78, 5) is 23.2. The molecule has 5 nitrogen and oxygen atoms in total. The molecule has 0 saturated carbocycles. The van der Waals surface area contributed by atoms with Gasteiger partial charge in [-0.05, 0) is 12.1 Å². The average Bonchev–Trinajstić information content (AvgIpc) is 2.37. The largest absolute Gasteiger partial charge is 0.478 e. The molecule has 0 aromatic heterocycles. The normalized spacial score (nSPS) is 17.1. The Labute approximate surface area is 105 Å². The quantitative estimate of drug-likeness (QED) is 0.781. The highest BCUT2D eigenvalue weighted by Crippen LogP contribution is 2.29. The summed E-state index contributed by atoms with van der Waals surface area (Å²) in [6.45, 7) is 3.88. The molecule has 5 heteroatoms. The van der Waals surface area contributed by atoms with E-state index in [9.17, 15) is 9.59 Å². The molecule has 2 rings (SSSR count). The van der Waals surface area contributed by atoms with Gasteiger partial charge in [0.1, 0.15) is 5.75 Å². The molecule has 94 valence electrons. The number of benzene rings is 1. The summed E-state index contributed by atoms with van der Waals surface area (Å²) in [6.07, 6.45) is 0.785. The highest BCUT2D eigenvalue weighted by atomic mass is 16.5. The van der Waals surface area contributed by atoms with Crippen LogP contribution in [0.15, 0.2) is 36.9 Å². The Hall–Kier alpha value is -2.30. The van der Waals surface area contributed by atoms with Gasteiger partial charge >= 0.3 is 0 Å². The second-order valence-electron chi connectivity index (χ2n) is 3.89. The van der Waals surface area contributed by atoms with Crippen LogP contribution in [-0.4, -0.2) is 24.5 Å². The third-order valence-corrected chi connectivity index (χ3v) is 2.52. The predicted molar refractivity (Wildman–Crippen MR) is 67.3 cm³/mol. The van der Waals surface area contributed by atoms with Crippen LogP contribution in [-0.2, 0) is 9.59 Å². The summed E-state index contributed by atoms with van der Waals surface area (Å²) in [5.74, 6) is 0.0375. The first-order valence-electron chi connectivity index (χ1n) is 5.65. The second kappa shape index (κ2) is 5.35. The van der Waals surface area contributed by atoms with Crippen molar-refractivity contribution in [2.24, 2.45) is 0 Å². The summed E-state index contributed by atoms with van der Waals surface area (Å²) in [5.41, 5.74) is 0.630. The van der Waals surface area contributed by atoms with Crippen LogP contribution in [0, 0.1) is 0 Å². The van der Waals surface area contributed by atoms with Gasteiger partial charge in [-0.15, -0.1) is 6.58 Å².